The molecule has 0 aliphatic rings. The second-order valence-electron chi connectivity index (χ2n) is 7.73. The second-order valence-corrected chi connectivity index (χ2v) is 7.73. The molecule has 0 saturated carbocycles. The number of benzene rings is 3. The van der Waals surface area contributed by atoms with Gasteiger partial charge in [-0.15, -0.1) is 10.2 Å². The van der Waals surface area contributed by atoms with Crippen LogP contribution in [0.2, 0.25) is 0 Å². The molecule has 3 aromatic carbocycles. The molecule has 0 unspecified atom stereocenters. The van der Waals surface area contributed by atoms with Crippen molar-refractivity contribution in [3.8, 4) is 28.7 Å². The van der Waals surface area contributed by atoms with Crippen molar-refractivity contribution in [2.75, 3.05) is 19.8 Å². The van der Waals surface area contributed by atoms with Gasteiger partial charge in [-0.25, -0.2) is 0 Å². The van der Waals surface area contributed by atoms with E-state index in [-0.39, 0.29) is 11.8 Å². The number of hydrogen-bond acceptors (Lipinski definition) is 7. The van der Waals surface area contributed by atoms with Crippen molar-refractivity contribution in [1.82, 2.24) is 15.5 Å². The SMILES string of the molecule is CCOc1cc(C(=O)N[C@@H](c2ccccc2)c2nnc(-c3ccccc3)o2)cc(OCC)c1OCC. The van der Waals surface area contributed by atoms with Crippen LogP contribution in [0.25, 0.3) is 11.5 Å². The van der Waals surface area contributed by atoms with Gasteiger partial charge in [0.15, 0.2) is 11.5 Å². The predicted octanol–water partition coefficient (Wildman–Crippen LogP) is 5.45. The lowest BCUT2D eigenvalue weighted by atomic mass is 10.1. The molecule has 1 N–H and O–H groups in total. The zero-order valence-electron chi connectivity index (χ0n) is 20.6. The smallest absolute Gasteiger partial charge is 0.252 e. The van der Waals surface area contributed by atoms with E-state index >= 15 is 0 Å². The molecule has 4 rings (SSSR count). The highest BCUT2D eigenvalue weighted by Crippen LogP contribution is 2.39. The van der Waals surface area contributed by atoms with E-state index in [1.165, 1.54) is 0 Å². The highest BCUT2D eigenvalue weighted by Gasteiger charge is 2.26. The number of nitrogens with zero attached hydrogens (tertiary/aromatic N) is 2. The lowest BCUT2D eigenvalue weighted by Crippen LogP contribution is -2.29. The van der Waals surface area contributed by atoms with Crippen LogP contribution in [-0.2, 0) is 0 Å². The number of hydrogen-bond donors (Lipinski definition) is 1. The van der Waals surface area contributed by atoms with E-state index in [2.05, 4.69) is 15.5 Å². The number of nitrogens with one attached hydrogen (secondary N) is 1. The van der Waals surface area contributed by atoms with E-state index in [4.69, 9.17) is 18.6 Å². The Morgan fingerprint density at radius 2 is 1.42 bits per heavy atom. The first-order valence-corrected chi connectivity index (χ1v) is 12.0. The molecular formula is C28H29N3O5. The quantitative estimate of drug-likeness (QED) is 0.300. The van der Waals surface area contributed by atoms with Crippen molar-refractivity contribution in [1.29, 1.82) is 0 Å². The third-order valence-electron chi connectivity index (χ3n) is 5.29. The summed E-state index contributed by atoms with van der Waals surface area (Å²) in [6.07, 6.45) is 0. The van der Waals surface area contributed by atoms with Gasteiger partial charge in [0.25, 0.3) is 5.91 Å². The third-order valence-corrected chi connectivity index (χ3v) is 5.29. The highest BCUT2D eigenvalue weighted by molar-refractivity contribution is 5.96. The van der Waals surface area contributed by atoms with Crippen LogP contribution >= 0.6 is 0 Å². The average molecular weight is 488 g/mol. The predicted molar refractivity (Wildman–Crippen MR) is 135 cm³/mol. The summed E-state index contributed by atoms with van der Waals surface area (Å²) in [6, 6.07) is 21.6. The fraction of sp³-hybridized carbons (Fsp3) is 0.250. The van der Waals surface area contributed by atoms with Crippen molar-refractivity contribution in [3.63, 3.8) is 0 Å². The van der Waals surface area contributed by atoms with Gasteiger partial charge < -0.3 is 23.9 Å². The molecule has 0 aliphatic heterocycles. The standard InChI is InChI=1S/C28H29N3O5/c1-4-33-22-17-21(18-23(34-5-2)25(22)35-6-3)26(32)29-24(19-13-9-7-10-14-19)28-31-30-27(36-28)20-15-11-8-12-16-20/h7-18,24H,4-6H2,1-3H3,(H,29,32)/t24-/m0/s1. The van der Waals surface area contributed by atoms with Crippen LogP contribution in [0.1, 0.15) is 48.6 Å². The first-order chi connectivity index (χ1) is 17.6. The summed E-state index contributed by atoms with van der Waals surface area (Å²) in [5.74, 6) is 1.65. The Kier molecular flexibility index (Phi) is 8.18. The van der Waals surface area contributed by atoms with Crippen LogP contribution < -0.4 is 19.5 Å². The van der Waals surface area contributed by atoms with Crippen LogP contribution in [0.5, 0.6) is 17.2 Å². The number of rotatable bonds is 11. The molecule has 1 amide bonds. The molecule has 186 valence electrons. The van der Waals surface area contributed by atoms with Crippen LogP contribution in [0.3, 0.4) is 0 Å². The first-order valence-electron chi connectivity index (χ1n) is 12.0. The first kappa shape index (κ1) is 24.8. The van der Waals surface area contributed by atoms with E-state index in [0.717, 1.165) is 11.1 Å². The van der Waals surface area contributed by atoms with Gasteiger partial charge >= 0.3 is 0 Å². The van der Waals surface area contributed by atoms with Crippen molar-refractivity contribution in [2.45, 2.75) is 26.8 Å². The van der Waals surface area contributed by atoms with Crippen molar-refractivity contribution in [3.05, 3.63) is 89.8 Å². The van der Waals surface area contributed by atoms with E-state index in [0.29, 0.717) is 48.5 Å². The largest absolute Gasteiger partial charge is 0.490 e. The van der Waals surface area contributed by atoms with Gasteiger partial charge in [0.2, 0.25) is 17.5 Å². The molecule has 1 aromatic heterocycles. The minimum Gasteiger partial charge on any atom is -0.490 e. The lowest BCUT2D eigenvalue weighted by Gasteiger charge is -2.19. The third kappa shape index (κ3) is 5.66. The van der Waals surface area contributed by atoms with Crippen molar-refractivity contribution >= 4 is 5.91 Å². The van der Waals surface area contributed by atoms with Gasteiger partial charge in [0.05, 0.1) is 19.8 Å². The second kappa shape index (κ2) is 11.9. The highest BCUT2D eigenvalue weighted by atomic mass is 16.5. The number of carbonyl (C=O) groups is 1. The van der Waals surface area contributed by atoms with E-state index in [1.54, 1.807) is 12.1 Å². The fourth-order valence-corrected chi connectivity index (χ4v) is 3.72. The number of amides is 1. The molecule has 0 saturated heterocycles. The topological polar surface area (TPSA) is 95.7 Å². The summed E-state index contributed by atoms with van der Waals surface area (Å²) in [5, 5.41) is 11.5. The maximum Gasteiger partial charge on any atom is 0.252 e. The maximum absolute atomic E-state index is 13.5. The molecule has 36 heavy (non-hydrogen) atoms. The molecule has 0 bridgehead atoms. The molecule has 0 fully saturated rings. The average Bonchev–Trinajstić information content (AvgIpc) is 3.40. The van der Waals surface area contributed by atoms with E-state index in [1.807, 2.05) is 81.4 Å². The van der Waals surface area contributed by atoms with E-state index < -0.39 is 6.04 Å². The molecule has 1 heterocycles. The summed E-state index contributed by atoms with van der Waals surface area (Å²) in [6.45, 7) is 6.87. The zero-order valence-corrected chi connectivity index (χ0v) is 20.6. The summed E-state index contributed by atoms with van der Waals surface area (Å²) >= 11 is 0. The Balaban J connectivity index is 1.69. The lowest BCUT2D eigenvalue weighted by molar-refractivity contribution is 0.0937. The molecule has 0 aliphatic carbocycles. The van der Waals surface area contributed by atoms with E-state index in [9.17, 15) is 4.79 Å². The minimum atomic E-state index is -0.665. The summed E-state index contributed by atoms with van der Waals surface area (Å²) in [7, 11) is 0. The summed E-state index contributed by atoms with van der Waals surface area (Å²) in [5.41, 5.74) is 1.95. The molecule has 1 atom stereocenters. The van der Waals surface area contributed by atoms with Crippen LogP contribution in [-0.4, -0.2) is 35.9 Å². The van der Waals surface area contributed by atoms with Gasteiger partial charge in [0.1, 0.15) is 6.04 Å². The molecule has 8 heteroatoms. The van der Waals surface area contributed by atoms with Crippen molar-refractivity contribution in [2.24, 2.45) is 0 Å². The van der Waals surface area contributed by atoms with Gasteiger partial charge in [-0.05, 0) is 50.6 Å². The number of ether oxygens (including phenoxy) is 3. The maximum atomic E-state index is 13.5. The molecular weight excluding hydrogens is 458 g/mol. The Bertz CT molecular complexity index is 1250. The monoisotopic (exact) mass is 487 g/mol. The van der Waals surface area contributed by atoms with Crippen LogP contribution in [0.15, 0.2) is 77.2 Å². The Morgan fingerprint density at radius 1 is 0.833 bits per heavy atom. The normalized spacial score (nSPS) is 11.5. The fourth-order valence-electron chi connectivity index (χ4n) is 3.72. The minimum absolute atomic E-state index is 0.273. The van der Waals surface area contributed by atoms with Gasteiger partial charge in [-0.1, -0.05) is 48.5 Å². The number of carbonyl (C=O) groups excluding carboxylic acids is 1. The van der Waals surface area contributed by atoms with Crippen LogP contribution in [0.4, 0.5) is 0 Å². The molecule has 0 spiro atoms. The molecule has 8 nitrogen and oxygen atoms in total. The van der Waals surface area contributed by atoms with Gasteiger partial charge in [-0.3, -0.25) is 4.79 Å². The van der Waals surface area contributed by atoms with Crippen molar-refractivity contribution < 1.29 is 23.4 Å². The summed E-state index contributed by atoms with van der Waals surface area (Å²) < 4.78 is 23.3. The number of aromatic nitrogens is 2. The molecule has 0 radical (unpaired) electrons. The Hall–Kier alpha value is -4.33. The molecule has 4 aromatic rings. The van der Waals surface area contributed by atoms with Gasteiger partial charge in [0, 0.05) is 11.1 Å². The summed E-state index contributed by atoms with van der Waals surface area (Å²) in [4.78, 5) is 13.5. The Morgan fingerprint density at radius 3 is 2.00 bits per heavy atom. The van der Waals surface area contributed by atoms with Gasteiger partial charge in [-0.2, -0.15) is 0 Å². The zero-order chi connectivity index (χ0) is 25.3. The van der Waals surface area contributed by atoms with Crippen LogP contribution in [0, 0.1) is 0 Å². The Labute approximate surface area is 210 Å².